The topological polar surface area (TPSA) is 82.5 Å². The number of thiazole rings is 1. The Balaban J connectivity index is 1.56. The van der Waals surface area contributed by atoms with Crippen molar-refractivity contribution in [1.82, 2.24) is 9.88 Å². The number of nitrogens with one attached hydrogen (secondary N) is 1. The van der Waals surface area contributed by atoms with Crippen LogP contribution in [0.5, 0.6) is 0 Å². The molecule has 1 aromatic rings. The number of nitrogens with zero attached hydrogens (tertiary/aromatic N) is 2. The zero-order valence-electron chi connectivity index (χ0n) is 10.3. The minimum Gasteiger partial charge on any atom is -0.465 e. The Morgan fingerprint density at radius 1 is 1.47 bits per heavy atom. The van der Waals surface area contributed by atoms with Crippen molar-refractivity contribution in [3.8, 4) is 0 Å². The molecule has 102 valence electrons. The molecule has 3 rings (SSSR count). The van der Waals surface area contributed by atoms with Crippen LogP contribution in [0.3, 0.4) is 0 Å². The minimum absolute atomic E-state index is 0.0207. The number of carbonyl (C=O) groups is 2. The van der Waals surface area contributed by atoms with Crippen molar-refractivity contribution in [3.05, 3.63) is 11.6 Å². The van der Waals surface area contributed by atoms with E-state index in [0.29, 0.717) is 18.2 Å². The summed E-state index contributed by atoms with van der Waals surface area (Å²) in [6, 6.07) is 0. The molecule has 0 aromatic carbocycles. The van der Waals surface area contributed by atoms with E-state index in [1.165, 1.54) is 16.2 Å². The summed E-state index contributed by atoms with van der Waals surface area (Å²) in [5.41, 5.74) is 0.0350. The van der Waals surface area contributed by atoms with Gasteiger partial charge in [0.15, 0.2) is 5.13 Å². The highest BCUT2D eigenvalue weighted by atomic mass is 32.1. The molecule has 1 atom stereocenters. The lowest BCUT2D eigenvalue weighted by atomic mass is 9.91. The average molecular weight is 281 g/mol. The second-order valence-electron chi connectivity index (χ2n) is 5.22. The van der Waals surface area contributed by atoms with Gasteiger partial charge in [-0.25, -0.2) is 9.78 Å². The van der Waals surface area contributed by atoms with E-state index in [0.717, 1.165) is 19.3 Å². The summed E-state index contributed by atoms with van der Waals surface area (Å²) in [5.74, 6) is 0.0473. The van der Waals surface area contributed by atoms with Crippen molar-refractivity contribution in [2.75, 3.05) is 18.4 Å². The van der Waals surface area contributed by atoms with E-state index in [4.69, 9.17) is 5.11 Å². The Kier molecular flexibility index (Phi) is 2.93. The van der Waals surface area contributed by atoms with Gasteiger partial charge in [0.05, 0.1) is 0 Å². The van der Waals surface area contributed by atoms with Crippen LogP contribution in [0.2, 0.25) is 0 Å². The molecule has 2 aliphatic rings. The van der Waals surface area contributed by atoms with Gasteiger partial charge in [-0.15, -0.1) is 11.3 Å². The fourth-order valence-corrected chi connectivity index (χ4v) is 3.42. The SMILES string of the molecule is O=C(Nc1nccs1)C1CC12CCN(C(=O)O)CC2. The Morgan fingerprint density at radius 2 is 2.21 bits per heavy atom. The van der Waals surface area contributed by atoms with Crippen LogP contribution in [0.1, 0.15) is 19.3 Å². The molecule has 2 amide bonds. The van der Waals surface area contributed by atoms with Crippen molar-refractivity contribution >= 4 is 28.5 Å². The first-order valence-electron chi connectivity index (χ1n) is 6.29. The highest BCUT2D eigenvalue weighted by molar-refractivity contribution is 7.13. The van der Waals surface area contributed by atoms with E-state index < -0.39 is 6.09 Å². The first-order valence-corrected chi connectivity index (χ1v) is 7.17. The Labute approximate surface area is 114 Å². The normalized spacial score (nSPS) is 24.2. The number of aromatic nitrogens is 1. The minimum atomic E-state index is -0.862. The molecule has 2 heterocycles. The van der Waals surface area contributed by atoms with Gasteiger partial charge in [0, 0.05) is 30.6 Å². The van der Waals surface area contributed by atoms with Crippen LogP contribution in [-0.2, 0) is 4.79 Å². The summed E-state index contributed by atoms with van der Waals surface area (Å²) >= 11 is 1.41. The van der Waals surface area contributed by atoms with Gasteiger partial charge in [-0.1, -0.05) is 0 Å². The van der Waals surface area contributed by atoms with Gasteiger partial charge in [-0.2, -0.15) is 0 Å². The number of hydrogen-bond donors (Lipinski definition) is 2. The number of anilines is 1. The van der Waals surface area contributed by atoms with E-state index in [9.17, 15) is 9.59 Å². The molecule has 7 heteroatoms. The number of hydrogen-bond acceptors (Lipinski definition) is 4. The lowest BCUT2D eigenvalue weighted by molar-refractivity contribution is -0.118. The molecule has 1 aliphatic heterocycles. The van der Waals surface area contributed by atoms with Crippen molar-refractivity contribution in [2.24, 2.45) is 11.3 Å². The van der Waals surface area contributed by atoms with Gasteiger partial charge in [0.1, 0.15) is 0 Å². The van der Waals surface area contributed by atoms with Gasteiger partial charge in [-0.3, -0.25) is 4.79 Å². The van der Waals surface area contributed by atoms with Crippen LogP contribution < -0.4 is 5.32 Å². The lowest BCUT2D eigenvalue weighted by Gasteiger charge is -2.30. The van der Waals surface area contributed by atoms with Gasteiger partial charge in [0.25, 0.3) is 0 Å². The van der Waals surface area contributed by atoms with E-state index in [1.807, 2.05) is 5.38 Å². The Morgan fingerprint density at radius 3 is 2.79 bits per heavy atom. The predicted molar refractivity (Wildman–Crippen MR) is 70.1 cm³/mol. The van der Waals surface area contributed by atoms with Crippen molar-refractivity contribution in [1.29, 1.82) is 0 Å². The quantitative estimate of drug-likeness (QED) is 0.866. The molecule has 1 spiro atoms. The van der Waals surface area contributed by atoms with Crippen molar-refractivity contribution in [3.63, 3.8) is 0 Å². The molecule has 2 N–H and O–H groups in total. The molecule has 1 unspecified atom stereocenters. The van der Waals surface area contributed by atoms with E-state index in [1.54, 1.807) is 6.20 Å². The third kappa shape index (κ3) is 2.30. The maximum absolute atomic E-state index is 12.1. The van der Waals surface area contributed by atoms with Crippen LogP contribution in [0.15, 0.2) is 11.6 Å². The van der Waals surface area contributed by atoms with Crippen LogP contribution in [0, 0.1) is 11.3 Å². The molecule has 1 saturated heterocycles. The molecule has 19 heavy (non-hydrogen) atoms. The fourth-order valence-electron chi connectivity index (χ4n) is 2.89. The van der Waals surface area contributed by atoms with Crippen LogP contribution in [-0.4, -0.2) is 40.1 Å². The number of piperidine rings is 1. The standard InChI is InChI=1S/C12H15N3O3S/c16-9(14-10-13-3-6-19-10)8-7-12(8)1-4-15(5-2-12)11(17)18/h3,6,8H,1-2,4-5,7H2,(H,17,18)(H,13,14,16). The highest BCUT2D eigenvalue weighted by Crippen LogP contribution is 2.59. The Bertz CT molecular complexity index is 494. The van der Waals surface area contributed by atoms with E-state index >= 15 is 0 Å². The van der Waals surface area contributed by atoms with Gasteiger partial charge in [0.2, 0.25) is 5.91 Å². The van der Waals surface area contributed by atoms with Crippen molar-refractivity contribution < 1.29 is 14.7 Å². The van der Waals surface area contributed by atoms with Crippen LogP contribution >= 0.6 is 11.3 Å². The third-order valence-electron chi connectivity index (χ3n) is 4.20. The summed E-state index contributed by atoms with van der Waals surface area (Å²) in [6.45, 7) is 1.08. The first kappa shape index (κ1) is 12.4. The molecule has 2 fully saturated rings. The van der Waals surface area contributed by atoms with Crippen LogP contribution in [0.25, 0.3) is 0 Å². The Hall–Kier alpha value is -1.63. The van der Waals surface area contributed by atoms with Crippen molar-refractivity contribution in [2.45, 2.75) is 19.3 Å². The second-order valence-corrected chi connectivity index (χ2v) is 6.11. The maximum atomic E-state index is 12.1. The summed E-state index contributed by atoms with van der Waals surface area (Å²) < 4.78 is 0. The molecule has 6 nitrogen and oxygen atoms in total. The third-order valence-corrected chi connectivity index (χ3v) is 4.89. The monoisotopic (exact) mass is 281 g/mol. The summed E-state index contributed by atoms with van der Waals surface area (Å²) in [7, 11) is 0. The number of carbonyl (C=O) groups excluding carboxylic acids is 1. The van der Waals surface area contributed by atoms with Gasteiger partial charge < -0.3 is 15.3 Å². The largest absolute Gasteiger partial charge is 0.465 e. The molecular formula is C12H15N3O3S. The molecule has 0 radical (unpaired) electrons. The van der Waals surface area contributed by atoms with E-state index in [-0.39, 0.29) is 17.2 Å². The number of carboxylic acid groups (broad SMARTS) is 1. The molecule has 1 aliphatic carbocycles. The smallest absolute Gasteiger partial charge is 0.407 e. The predicted octanol–water partition coefficient (Wildman–Crippen LogP) is 1.86. The lowest BCUT2D eigenvalue weighted by Crippen LogP contribution is -2.39. The molecule has 0 bridgehead atoms. The van der Waals surface area contributed by atoms with Crippen LogP contribution in [0.4, 0.5) is 9.93 Å². The molecule has 1 saturated carbocycles. The fraction of sp³-hybridized carbons (Fsp3) is 0.583. The van der Waals surface area contributed by atoms with Gasteiger partial charge >= 0.3 is 6.09 Å². The number of rotatable bonds is 2. The molecular weight excluding hydrogens is 266 g/mol. The average Bonchev–Trinajstić information content (AvgIpc) is 2.84. The van der Waals surface area contributed by atoms with Gasteiger partial charge in [-0.05, 0) is 24.7 Å². The summed E-state index contributed by atoms with van der Waals surface area (Å²) in [4.78, 5) is 28.4. The van der Waals surface area contributed by atoms with E-state index in [2.05, 4.69) is 10.3 Å². The summed E-state index contributed by atoms with van der Waals surface area (Å²) in [6.07, 6.45) is 3.25. The highest BCUT2D eigenvalue weighted by Gasteiger charge is 2.58. The number of likely N-dealkylation sites (tertiary alicyclic amines) is 1. The second kappa shape index (κ2) is 4.48. The zero-order chi connectivity index (χ0) is 13.5. The number of amides is 2. The first-order chi connectivity index (χ1) is 9.11. The zero-order valence-corrected chi connectivity index (χ0v) is 11.2. The maximum Gasteiger partial charge on any atom is 0.407 e. The molecule has 1 aromatic heterocycles. The summed E-state index contributed by atoms with van der Waals surface area (Å²) in [5, 5.41) is 14.2.